The fourth-order valence-electron chi connectivity index (χ4n) is 3.87. The summed E-state index contributed by atoms with van der Waals surface area (Å²) < 4.78 is 1.23. The van der Waals surface area contributed by atoms with E-state index in [0.29, 0.717) is 17.5 Å². The number of nitrogens with one attached hydrogen (secondary N) is 1. The summed E-state index contributed by atoms with van der Waals surface area (Å²) >= 11 is 5.46. The molecule has 1 unspecified atom stereocenters. The lowest BCUT2D eigenvalue weighted by Gasteiger charge is -2.47. The Labute approximate surface area is 135 Å². The highest BCUT2D eigenvalue weighted by molar-refractivity contribution is 9.10. The fourth-order valence-corrected chi connectivity index (χ4v) is 5.34. The van der Waals surface area contributed by atoms with Crippen LogP contribution in [0.5, 0.6) is 0 Å². The van der Waals surface area contributed by atoms with Crippen LogP contribution in [-0.4, -0.2) is 29.6 Å². The van der Waals surface area contributed by atoms with Crippen LogP contribution in [0.1, 0.15) is 44.4 Å². The van der Waals surface area contributed by atoms with Gasteiger partial charge in [0.1, 0.15) is 0 Å². The standard InChI is InChI=1S/C16H25BrN2S/c1-12(2)15-8-18-16(5-3-4-6-16)11-19(15)9-14-7-13(17)10-20-14/h7,10,12,15,18H,3-6,8-9,11H2,1-2H3. The first-order chi connectivity index (χ1) is 9.58. The molecule has 1 aromatic heterocycles. The molecule has 3 rings (SSSR count). The highest BCUT2D eigenvalue weighted by Gasteiger charge is 2.41. The third-order valence-corrected chi connectivity index (χ3v) is 6.65. The molecule has 1 spiro atoms. The summed E-state index contributed by atoms with van der Waals surface area (Å²) in [5.74, 6) is 0.713. The van der Waals surface area contributed by atoms with Gasteiger partial charge in [-0.2, -0.15) is 0 Å². The van der Waals surface area contributed by atoms with Gasteiger partial charge >= 0.3 is 0 Å². The Hall–Kier alpha value is 0.1000. The topological polar surface area (TPSA) is 15.3 Å². The van der Waals surface area contributed by atoms with Gasteiger partial charge in [0, 0.05) is 45.9 Å². The first-order valence-electron chi connectivity index (χ1n) is 7.80. The van der Waals surface area contributed by atoms with E-state index in [0.717, 1.165) is 13.1 Å². The van der Waals surface area contributed by atoms with Crippen molar-refractivity contribution in [3.05, 3.63) is 20.8 Å². The van der Waals surface area contributed by atoms with E-state index in [1.807, 2.05) is 11.3 Å². The molecule has 1 saturated heterocycles. The van der Waals surface area contributed by atoms with Crippen LogP contribution in [0.2, 0.25) is 0 Å². The Morgan fingerprint density at radius 2 is 2.20 bits per heavy atom. The van der Waals surface area contributed by atoms with Crippen molar-refractivity contribution >= 4 is 27.3 Å². The molecule has 4 heteroatoms. The lowest BCUT2D eigenvalue weighted by atomic mass is 9.89. The third kappa shape index (κ3) is 3.13. The Morgan fingerprint density at radius 1 is 1.45 bits per heavy atom. The van der Waals surface area contributed by atoms with Crippen LogP contribution >= 0.6 is 27.3 Å². The van der Waals surface area contributed by atoms with E-state index in [4.69, 9.17) is 0 Å². The van der Waals surface area contributed by atoms with Crippen LogP contribution in [0, 0.1) is 5.92 Å². The largest absolute Gasteiger partial charge is 0.308 e. The smallest absolute Gasteiger partial charge is 0.0332 e. The molecule has 1 aliphatic heterocycles. The zero-order valence-corrected chi connectivity index (χ0v) is 14.9. The first-order valence-corrected chi connectivity index (χ1v) is 9.47. The molecule has 1 aliphatic carbocycles. The lowest BCUT2D eigenvalue weighted by molar-refractivity contribution is 0.0515. The summed E-state index contributed by atoms with van der Waals surface area (Å²) in [5.41, 5.74) is 0.417. The van der Waals surface area contributed by atoms with Crippen molar-refractivity contribution in [3.8, 4) is 0 Å². The molecular formula is C16H25BrN2S. The molecule has 2 fully saturated rings. The van der Waals surface area contributed by atoms with Crippen LogP contribution < -0.4 is 5.32 Å². The monoisotopic (exact) mass is 356 g/mol. The molecule has 2 aliphatic rings. The molecular weight excluding hydrogens is 332 g/mol. The predicted octanol–water partition coefficient (Wildman–Crippen LogP) is 4.25. The molecule has 0 radical (unpaired) electrons. The van der Waals surface area contributed by atoms with Crippen LogP contribution in [0.15, 0.2) is 15.9 Å². The molecule has 1 N–H and O–H groups in total. The quantitative estimate of drug-likeness (QED) is 0.870. The SMILES string of the molecule is CC(C)C1CNC2(CCCC2)CN1Cc1cc(Br)cs1. The number of piperazine rings is 1. The summed E-state index contributed by atoms with van der Waals surface area (Å²) in [5, 5.41) is 6.10. The highest BCUT2D eigenvalue weighted by Crippen LogP contribution is 2.35. The van der Waals surface area contributed by atoms with Crippen LogP contribution in [0.4, 0.5) is 0 Å². The minimum absolute atomic E-state index is 0.417. The maximum Gasteiger partial charge on any atom is 0.0332 e. The number of halogens is 1. The van der Waals surface area contributed by atoms with Gasteiger partial charge in [-0.3, -0.25) is 4.90 Å². The summed E-state index contributed by atoms with van der Waals surface area (Å²) in [6.07, 6.45) is 5.53. The minimum atomic E-state index is 0.417. The van der Waals surface area contributed by atoms with Gasteiger partial charge < -0.3 is 5.32 Å². The maximum absolute atomic E-state index is 3.90. The fraction of sp³-hybridized carbons (Fsp3) is 0.750. The second-order valence-corrected chi connectivity index (χ2v) is 8.73. The lowest BCUT2D eigenvalue weighted by Crippen LogP contribution is -2.63. The highest BCUT2D eigenvalue weighted by atomic mass is 79.9. The van der Waals surface area contributed by atoms with Gasteiger partial charge in [-0.25, -0.2) is 0 Å². The van der Waals surface area contributed by atoms with E-state index in [9.17, 15) is 0 Å². The molecule has 0 bridgehead atoms. The van der Waals surface area contributed by atoms with Crippen molar-refractivity contribution in [1.82, 2.24) is 10.2 Å². The Morgan fingerprint density at radius 3 is 2.80 bits per heavy atom. The van der Waals surface area contributed by atoms with E-state index < -0.39 is 0 Å². The first kappa shape index (κ1) is 15.0. The van der Waals surface area contributed by atoms with Crippen molar-refractivity contribution in [2.75, 3.05) is 13.1 Å². The van der Waals surface area contributed by atoms with E-state index in [2.05, 4.69) is 51.4 Å². The van der Waals surface area contributed by atoms with E-state index >= 15 is 0 Å². The number of hydrogen-bond donors (Lipinski definition) is 1. The van der Waals surface area contributed by atoms with Gasteiger partial charge in [-0.05, 0) is 40.8 Å². The van der Waals surface area contributed by atoms with Crippen LogP contribution in [0.25, 0.3) is 0 Å². The number of thiophene rings is 1. The average molecular weight is 357 g/mol. The molecule has 2 heterocycles. The molecule has 0 aromatic carbocycles. The Balaban J connectivity index is 1.75. The van der Waals surface area contributed by atoms with Crippen molar-refractivity contribution in [2.24, 2.45) is 5.92 Å². The maximum atomic E-state index is 3.90. The van der Waals surface area contributed by atoms with Gasteiger partial charge in [-0.1, -0.05) is 26.7 Å². The molecule has 1 atom stereocenters. The summed E-state index contributed by atoms with van der Waals surface area (Å²) in [6.45, 7) is 8.21. The van der Waals surface area contributed by atoms with Crippen molar-refractivity contribution < 1.29 is 0 Å². The molecule has 20 heavy (non-hydrogen) atoms. The average Bonchev–Trinajstić information content (AvgIpc) is 2.99. The third-order valence-electron chi connectivity index (χ3n) is 4.97. The molecule has 1 saturated carbocycles. The van der Waals surface area contributed by atoms with Crippen molar-refractivity contribution in [2.45, 2.75) is 57.7 Å². The second-order valence-electron chi connectivity index (χ2n) is 6.82. The van der Waals surface area contributed by atoms with E-state index in [1.54, 1.807) is 0 Å². The normalized spacial score (nSPS) is 26.7. The van der Waals surface area contributed by atoms with Gasteiger partial charge in [0.15, 0.2) is 0 Å². The van der Waals surface area contributed by atoms with E-state index in [1.165, 1.54) is 41.6 Å². The van der Waals surface area contributed by atoms with Gasteiger partial charge in [-0.15, -0.1) is 11.3 Å². The second kappa shape index (κ2) is 6.07. The van der Waals surface area contributed by atoms with Gasteiger partial charge in [0.05, 0.1) is 0 Å². The van der Waals surface area contributed by atoms with Crippen LogP contribution in [-0.2, 0) is 6.54 Å². The van der Waals surface area contributed by atoms with Gasteiger partial charge in [0.25, 0.3) is 0 Å². The number of rotatable bonds is 3. The van der Waals surface area contributed by atoms with Gasteiger partial charge in [0.2, 0.25) is 0 Å². The zero-order valence-electron chi connectivity index (χ0n) is 12.5. The van der Waals surface area contributed by atoms with Crippen LogP contribution in [0.3, 0.4) is 0 Å². The minimum Gasteiger partial charge on any atom is -0.308 e. The summed E-state index contributed by atoms with van der Waals surface area (Å²) in [6, 6.07) is 2.95. The number of hydrogen-bond acceptors (Lipinski definition) is 3. The van der Waals surface area contributed by atoms with Crippen molar-refractivity contribution in [3.63, 3.8) is 0 Å². The molecule has 0 amide bonds. The zero-order chi connectivity index (χ0) is 14.2. The Kier molecular flexibility index (Phi) is 4.56. The summed E-state index contributed by atoms with van der Waals surface area (Å²) in [7, 11) is 0. The molecule has 112 valence electrons. The summed E-state index contributed by atoms with van der Waals surface area (Å²) in [4.78, 5) is 4.22. The predicted molar refractivity (Wildman–Crippen MR) is 90.3 cm³/mol. The van der Waals surface area contributed by atoms with E-state index in [-0.39, 0.29) is 0 Å². The molecule has 1 aromatic rings. The number of nitrogens with zero attached hydrogens (tertiary/aromatic N) is 1. The Bertz CT molecular complexity index is 451. The van der Waals surface area contributed by atoms with Crippen molar-refractivity contribution in [1.29, 1.82) is 0 Å². The molecule has 2 nitrogen and oxygen atoms in total.